The molecule has 2 heteroatoms. The van der Waals surface area contributed by atoms with Gasteiger partial charge in [0.25, 0.3) is 0 Å². The van der Waals surface area contributed by atoms with Crippen LogP contribution in [0.2, 0.25) is 0 Å². The van der Waals surface area contributed by atoms with Crippen LogP contribution in [0.4, 0.5) is 0 Å². The Hall–Kier alpha value is -0.0800. The second-order valence-electron chi connectivity index (χ2n) is 6.65. The van der Waals surface area contributed by atoms with Crippen molar-refractivity contribution >= 4 is 0 Å². The molecule has 0 aromatic rings. The zero-order chi connectivity index (χ0) is 12.3. The van der Waals surface area contributed by atoms with Crippen molar-refractivity contribution in [1.29, 1.82) is 0 Å². The summed E-state index contributed by atoms with van der Waals surface area (Å²) in [5.41, 5.74) is 0. The fourth-order valence-corrected chi connectivity index (χ4v) is 3.40. The second-order valence-corrected chi connectivity index (χ2v) is 6.65. The first-order chi connectivity index (χ1) is 8.17. The smallest absolute Gasteiger partial charge is 0.0198 e. The molecule has 0 amide bonds. The quantitative estimate of drug-likeness (QED) is 0.765. The molecule has 17 heavy (non-hydrogen) atoms. The molecule has 1 N–H and O–H groups in total. The summed E-state index contributed by atoms with van der Waals surface area (Å²) in [6.45, 7) is 11.9. The predicted octanol–water partition coefficient (Wildman–Crippen LogP) is 2.74. The van der Waals surface area contributed by atoms with E-state index in [4.69, 9.17) is 0 Å². The van der Waals surface area contributed by atoms with E-state index < -0.39 is 0 Å². The molecule has 1 heterocycles. The van der Waals surface area contributed by atoms with E-state index in [0.717, 1.165) is 30.3 Å². The van der Waals surface area contributed by atoms with Gasteiger partial charge in [0.15, 0.2) is 0 Å². The topological polar surface area (TPSA) is 15.3 Å². The van der Waals surface area contributed by atoms with E-state index in [9.17, 15) is 0 Å². The van der Waals surface area contributed by atoms with Crippen molar-refractivity contribution in [3.8, 4) is 0 Å². The maximum absolute atomic E-state index is 3.67. The SMILES string of the molecule is CCNC1CC(CC2CC2)CN(CC(C)C)C1. The van der Waals surface area contributed by atoms with Gasteiger partial charge in [-0.2, -0.15) is 0 Å². The van der Waals surface area contributed by atoms with Gasteiger partial charge < -0.3 is 10.2 Å². The minimum Gasteiger partial charge on any atom is -0.313 e. The van der Waals surface area contributed by atoms with Crippen LogP contribution in [-0.2, 0) is 0 Å². The molecule has 1 saturated heterocycles. The number of hydrogen-bond donors (Lipinski definition) is 1. The Morgan fingerprint density at radius 2 is 1.94 bits per heavy atom. The summed E-state index contributed by atoms with van der Waals surface area (Å²) in [4.78, 5) is 2.70. The van der Waals surface area contributed by atoms with Crippen LogP contribution in [0.25, 0.3) is 0 Å². The van der Waals surface area contributed by atoms with Gasteiger partial charge in [0.1, 0.15) is 0 Å². The molecule has 2 unspecified atom stereocenters. The number of rotatable bonds is 6. The number of hydrogen-bond acceptors (Lipinski definition) is 2. The predicted molar refractivity (Wildman–Crippen MR) is 74.2 cm³/mol. The van der Waals surface area contributed by atoms with Crippen LogP contribution in [0.5, 0.6) is 0 Å². The van der Waals surface area contributed by atoms with Crippen LogP contribution in [-0.4, -0.2) is 37.1 Å². The number of nitrogens with zero attached hydrogens (tertiary/aromatic N) is 1. The largest absolute Gasteiger partial charge is 0.313 e. The van der Waals surface area contributed by atoms with Gasteiger partial charge in [-0.15, -0.1) is 0 Å². The van der Waals surface area contributed by atoms with Gasteiger partial charge in [0.05, 0.1) is 0 Å². The first-order valence-corrected chi connectivity index (χ1v) is 7.63. The fourth-order valence-electron chi connectivity index (χ4n) is 3.40. The van der Waals surface area contributed by atoms with Gasteiger partial charge in [0, 0.05) is 25.7 Å². The van der Waals surface area contributed by atoms with Crippen molar-refractivity contribution in [1.82, 2.24) is 10.2 Å². The Kier molecular flexibility index (Phi) is 4.87. The molecular formula is C15H30N2. The van der Waals surface area contributed by atoms with E-state index >= 15 is 0 Å². The average Bonchev–Trinajstić information content (AvgIpc) is 3.00. The summed E-state index contributed by atoms with van der Waals surface area (Å²) in [6.07, 6.45) is 5.93. The monoisotopic (exact) mass is 238 g/mol. The number of nitrogens with one attached hydrogen (secondary N) is 1. The van der Waals surface area contributed by atoms with Crippen LogP contribution >= 0.6 is 0 Å². The second kappa shape index (κ2) is 6.19. The summed E-state index contributed by atoms with van der Waals surface area (Å²) < 4.78 is 0. The first-order valence-electron chi connectivity index (χ1n) is 7.63. The molecule has 2 aliphatic rings. The van der Waals surface area contributed by atoms with Crippen LogP contribution in [0.15, 0.2) is 0 Å². The third-order valence-corrected chi connectivity index (χ3v) is 4.09. The highest BCUT2D eigenvalue weighted by molar-refractivity contribution is 4.87. The molecule has 1 aliphatic carbocycles. The van der Waals surface area contributed by atoms with Crippen LogP contribution in [0.1, 0.15) is 46.5 Å². The number of likely N-dealkylation sites (tertiary alicyclic amines) is 1. The Morgan fingerprint density at radius 1 is 1.18 bits per heavy atom. The van der Waals surface area contributed by atoms with E-state index in [1.54, 1.807) is 0 Å². The molecule has 2 fully saturated rings. The molecule has 0 bridgehead atoms. The first kappa shape index (κ1) is 13.4. The fraction of sp³-hybridized carbons (Fsp3) is 1.00. The van der Waals surface area contributed by atoms with Gasteiger partial charge in [-0.1, -0.05) is 33.6 Å². The lowest BCUT2D eigenvalue weighted by atomic mass is 9.89. The molecule has 2 atom stereocenters. The van der Waals surface area contributed by atoms with Crippen LogP contribution in [0, 0.1) is 17.8 Å². The zero-order valence-corrected chi connectivity index (χ0v) is 11.9. The highest BCUT2D eigenvalue weighted by Crippen LogP contribution is 2.37. The lowest BCUT2D eigenvalue weighted by Crippen LogP contribution is -2.50. The minimum atomic E-state index is 0.747. The molecule has 2 rings (SSSR count). The van der Waals surface area contributed by atoms with Crippen LogP contribution < -0.4 is 5.32 Å². The maximum Gasteiger partial charge on any atom is 0.0198 e. The van der Waals surface area contributed by atoms with E-state index in [-0.39, 0.29) is 0 Å². The highest BCUT2D eigenvalue weighted by atomic mass is 15.2. The highest BCUT2D eigenvalue weighted by Gasteiger charge is 2.31. The summed E-state index contributed by atoms with van der Waals surface area (Å²) in [6, 6.07) is 0.747. The van der Waals surface area contributed by atoms with Crippen molar-refractivity contribution in [3.63, 3.8) is 0 Å². The molecular weight excluding hydrogens is 208 g/mol. The lowest BCUT2D eigenvalue weighted by molar-refractivity contribution is 0.121. The summed E-state index contributed by atoms with van der Waals surface area (Å²) in [5, 5.41) is 3.67. The van der Waals surface area contributed by atoms with Crippen molar-refractivity contribution in [2.45, 2.75) is 52.5 Å². The zero-order valence-electron chi connectivity index (χ0n) is 11.9. The Labute approximate surface area is 107 Å². The van der Waals surface area contributed by atoms with Crippen molar-refractivity contribution in [2.24, 2.45) is 17.8 Å². The van der Waals surface area contributed by atoms with Crippen LogP contribution in [0.3, 0.4) is 0 Å². The van der Waals surface area contributed by atoms with E-state index in [1.807, 2.05) is 0 Å². The van der Waals surface area contributed by atoms with E-state index in [1.165, 1.54) is 45.3 Å². The van der Waals surface area contributed by atoms with E-state index in [0.29, 0.717) is 0 Å². The van der Waals surface area contributed by atoms with Crippen molar-refractivity contribution in [2.75, 3.05) is 26.2 Å². The van der Waals surface area contributed by atoms with Gasteiger partial charge >= 0.3 is 0 Å². The standard InChI is InChI=1S/C15H30N2/c1-4-16-15-8-14(7-13-5-6-13)10-17(11-15)9-12(2)3/h12-16H,4-11H2,1-3H3. The summed E-state index contributed by atoms with van der Waals surface area (Å²) in [7, 11) is 0. The molecule has 2 nitrogen and oxygen atoms in total. The number of likely N-dealkylation sites (N-methyl/N-ethyl adjacent to an activating group) is 1. The molecule has 100 valence electrons. The molecule has 0 aromatic carbocycles. The number of piperidine rings is 1. The minimum absolute atomic E-state index is 0.747. The third-order valence-electron chi connectivity index (χ3n) is 4.09. The maximum atomic E-state index is 3.67. The van der Waals surface area contributed by atoms with E-state index in [2.05, 4.69) is 31.0 Å². The van der Waals surface area contributed by atoms with Crippen molar-refractivity contribution < 1.29 is 0 Å². The Morgan fingerprint density at radius 3 is 2.53 bits per heavy atom. The molecule has 0 spiro atoms. The molecule has 0 aromatic heterocycles. The summed E-state index contributed by atoms with van der Waals surface area (Å²) in [5.74, 6) is 2.84. The van der Waals surface area contributed by atoms with Crippen molar-refractivity contribution in [3.05, 3.63) is 0 Å². The summed E-state index contributed by atoms with van der Waals surface area (Å²) >= 11 is 0. The lowest BCUT2D eigenvalue weighted by Gasteiger charge is -2.39. The molecule has 1 saturated carbocycles. The Bertz CT molecular complexity index is 211. The normalized spacial score (nSPS) is 31.1. The van der Waals surface area contributed by atoms with Gasteiger partial charge in [-0.3, -0.25) is 0 Å². The molecule has 0 radical (unpaired) electrons. The van der Waals surface area contributed by atoms with Gasteiger partial charge in [0.2, 0.25) is 0 Å². The van der Waals surface area contributed by atoms with Gasteiger partial charge in [-0.05, 0) is 37.1 Å². The van der Waals surface area contributed by atoms with Gasteiger partial charge in [-0.25, -0.2) is 0 Å². The average molecular weight is 238 g/mol. The Balaban J connectivity index is 1.83. The molecule has 1 aliphatic heterocycles. The third kappa shape index (κ3) is 4.59.